The van der Waals surface area contributed by atoms with Crippen LogP contribution in [-0.2, 0) is 11.3 Å². The molecule has 1 amide bonds. The third kappa shape index (κ3) is 3.74. The molecule has 0 aliphatic carbocycles. The van der Waals surface area contributed by atoms with Crippen LogP contribution >= 0.6 is 0 Å². The van der Waals surface area contributed by atoms with Crippen LogP contribution in [-0.4, -0.2) is 40.5 Å². The zero-order valence-corrected chi connectivity index (χ0v) is 17.0. The van der Waals surface area contributed by atoms with Gasteiger partial charge in [-0.3, -0.25) is 4.79 Å². The standard InChI is InChI=1S/C22H22FN7O/c1-29-18-13-26-22(28-20(18)30-10-2-3-17(30)21(29)31)25-12-14-4-9-19(24-11-14)27-16-7-5-15(23)6-8-16/h4-9,11,13,17H,2-3,10,12H2,1H3,(H,24,27)(H,25,26,28). The van der Waals surface area contributed by atoms with Gasteiger partial charge in [-0.1, -0.05) is 6.07 Å². The van der Waals surface area contributed by atoms with Crippen molar-refractivity contribution in [3.05, 3.63) is 60.2 Å². The molecule has 5 rings (SSSR count). The number of rotatable bonds is 5. The first kappa shape index (κ1) is 19.2. The van der Waals surface area contributed by atoms with Crippen LogP contribution in [0.4, 0.5) is 33.3 Å². The highest BCUT2D eigenvalue weighted by atomic mass is 19.1. The summed E-state index contributed by atoms with van der Waals surface area (Å²) in [4.78, 5) is 29.7. The van der Waals surface area contributed by atoms with E-state index in [0.29, 0.717) is 18.3 Å². The molecular formula is C22H22FN7O. The summed E-state index contributed by atoms with van der Waals surface area (Å²) in [5, 5.41) is 6.37. The molecular weight excluding hydrogens is 397 g/mol. The van der Waals surface area contributed by atoms with E-state index < -0.39 is 0 Å². The second kappa shape index (κ2) is 7.82. The van der Waals surface area contributed by atoms with Crippen LogP contribution in [0, 0.1) is 5.82 Å². The number of nitrogens with one attached hydrogen (secondary N) is 2. The van der Waals surface area contributed by atoms with E-state index in [9.17, 15) is 9.18 Å². The third-order valence-corrected chi connectivity index (χ3v) is 5.64. The SMILES string of the molecule is CN1C(=O)C2CCCN2c2nc(NCc3ccc(Nc4ccc(F)cc4)nc3)ncc21. The van der Waals surface area contributed by atoms with Crippen LogP contribution < -0.4 is 20.4 Å². The van der Waals surface area contributed by atoms with Crippen molar-refractivity contribution in [2.45, 2.75) is 25.4 Å². The lowest BCUT2D eigenvalue weighted by Gasteiger charge is -2.36. The van der Waals surface area contributed by atoms with E-state index >= 15 is 0 Å². The number of carbonyl (C=O) groups excluding carboxylic acids is 1. The van der Waals surface area contributed by atoms with Gasteiger partial charge in [0.15, 0.2) is 5.82 Å². The highest BCUT2D eigenvalue weighted by Gasteiger charge is 2.40. The molecule has 2 N–H and O–H groups in total. The molecule has 1 unspecified atom stereocenters. The van der Waals surface area contributed by atoms with Gasteiger partial charge >= 0.3 is 0 Å². The summed E-state index contributed by atoms with van der Waals surface area (Å²) in [5.41, 5.74) is 2.48. The lowest BCUT2D eigenvalue weighted by Crippen LogP contribution is -2.49. The van der Waals surface area contributed by atoms with E-state index in [2.05, 4.69) is 30.5 Å². The highest BCUT2D eigenvalue weighted by molar-refractivity contribution is 6.04. The quantitative estimate of drug-likeness (QED) is 0.656. The normalized spacial score (nSPS) is 17.4. The number of likely N-dealkylation sites (N-methyl/N-ethyl adjacent to an activating group) is 1. The van der Waals surface area contributed by atoms with Gasteiger partial charge in [0.25, 0.3) is 0 Å². The number of nitrogens with zero attached hydrogens (tertiary/aromatic N) is 5. The van der Waals surface area contributed by atoms with E-state index in [1.165, 1.54) is 12.1 Å². The van der Waals surface area contributed by atoms with Crippen LogP contribution in [0.1, 0.15) is 18.4 Å². The summed E-state index contributed by atoms with van der Waals surface area (Å²) >= 11 is 0. The smallest absolute Gasteiger partial charge is 0.249 e. The summed E-state index contributed by atoms with van der Waals surface area (Å²) in [6, 6.07) is 9.82. The molecule has 2 aliphatic rings. The molecule has 0 spiro atoms. The van der Waals surface area contributed by atoms with Crippen molar-refractivity contribution in [1.29, 1.82) is 0 Å². The first-order chi connectivity index (χ1) is 15.1. The van der Waals surface area contributed by atoms with Crippen LogP contribution in [0.15, 0.2) is 48.8 Å². The zero-order chi connectivity index (χ0) is 21.4. The first-order valence-electron chi connectivity index (χ1n) is 10.2. The lowest BCUT2D eigenvalue weighted by molar-refractivity contribution is -0.119. The van der Waals surface area contributed by atoms with Gasteiger partial charge in [-0.15, -0.1) is 0 Å². The zero-order valence-electron chi connectivity index (χ0n) is 17.0. The second-order valence-corrected chi connectivity index (χ2v) is 7.69. The largest absolute Gasteiger partial charge is 0.350 e. The van der Waals surface area contributed by atoms with Crippen LogP contribution in [0.2, 0.25) is 0 Å². The summed E-state index contributed by atoms with van der Waals surface area (Å²) in [6.45, 7) is 1.35. The van der Waals surface area contributed by atoms with E-state index in [1.54, 1.807) is 36.5 Å². The minimum atomic E-state index is -0.275. The molecule has 3 aromatic rings. The molecule has 1 fully saturated rings. The molecule has 31 heavy (non-hydrogen) atoms. The van der Waals surface area contributed by atoms with Gasteiger partial charge in [0.1, 0.15) is 23.4 Å². The number of fused-ring (bicyclic) bond motifs is 3. The Balaban J connectivity index is 1.26. The number of hydrogen-bond donors (Lipinski definition) is 2. The van der Waals surface area contributed by atoms with Gasteiger partial charge in [0.05, 0.1) is 6.20 Å². The number of pyridine rings is 1. The van der Waals surface area contributed by atoms with Crippen molar-refractivity contribution in [2.24, 2.45) is 0 Å². The number of amides is 1. The Morgan fingerprint density at radius 3 is 2.74 bits per heavy atom. The van der Waals surface area contributed by atoms with Crippen molar-refractivity contribution in [3.63, 3.8) is 0 Å². The van der Waals surface area contributed by atoms with E-state index in [1.807, 2.05) is 12.1 Å². The summed E-state index contributed by atoms with van der Waals surface area (Å²) < 4.78 is 13.0. The van der Waals surface area contributed by atoms with Crippen molar-refractivity contribution in [1.82, 2.24) is 15.0 Å². The number of aromatic nitrogens is 3. The number of carbonyl (C=O) groups is 1. The average molecular weight is 419 g/mol. The maximum Gasteiger partial charge on any atom is 0.249 e. The number of benzene rings is 1. The number of halogens is 1. The molecule has 2 aromatic heterocycles. The molecule has 1 atom stereocenters. The van der Waals surface area contributed by atoms with Gasteiger partial charge < -0.3 is 20.4 Å². The topological polar surface area (TPSA) is 86.3 Å². The molecule has 2 aliphatic heterocycles. The summed E-state index contributed by atoms with van der Waals surface area (Å²) in [7, 11) is 1.78. The third-order valence-electron chi connectivity index (χ3n) is 5.64. The first-order valence-corrected chi connectivity index (χ1v) is 10.2. The fraction of sp³-hybridized carbons (Fsp3) is 0.273. The molecule has 0 saturated carbocycles. The summed E-state index contributed by atoms with van der Waals surface area (Å²) in [6.07, 6.45) is 5.31. The Hall–Kier alpha value is -3.75. The Morgan fingerprint density at radius 2 is 1.97 bits per heavy atom. The predicted molar refractivity (Wildman–Crippen MR) is 117 cm³/mol. The molecule has 4 heterocycles. The van der Waals surface area contributed by atoms with Gasteiger partial charge in [-0.05, 0) is 48.7 Å². The number of hydrogen-bond acceptors (Lipinski definition) is 7. The van der Waals surface area contributed by atoms with E-state index in [-0.39, 0.29) is 17.8 Å². The van der Waals surface area contributed by atoms with Gasteiger partial charge in [-0.2, -0.15) is 4.98 Å². The minimum absolute atomic E-state index is 0.106. The maximum absolute atomic E-state index is 13.0. The molecule has 1 aromatic carbocycles. The van der Waals surface area contributed by atoms with Gasteiger partial charge in [0.2, 0.25) is 11.9 Å². The van der Waals surface area contributed by atoms with Crippen LogP contribution in [0.25, 0.3) is 0 Å². The molecule has 8 nitrogen and oxygen atoms in total. The Bertz CT molecular complexity index is 1100. The monoisotopic (exact) mass is 419 g/mol. The molecule has 0 bridgehead atoms. The van der Waals surface area contributed by atoms with Crippen molar-refractivity contribution >= 4 is 34.9 Å². The lowest BCUT2D eigenvalue weighted by atomic mass is 10.1. The van der Waals surface area contributed by atoms with E-state index in [0.717, 1.165) is 42.1 Å². The van der Waals surface area contributed by atoms with Gasteiger partial charge in [0, 0.05) is 32.0 Å². The Kier molecular flexibility index (Phi) is 4.85. The fourth-order valence-corrected chi connectivity index (χ4v) is 3.98. The van der Waals surface area contributed by atoms with Crippen molar-refractivity contribution < 1.29 is 9.18 Å². The van der Waals surface area contributed by atoms with Crippen molar-refractivity contribution in [3.8, 4) is 0 Å². The molecule has 9 heteroatoms. The maximum atomic E-state index is 13.0. The predicted octanol–water partition coefficient (Wildman–Crippen LogP) is 3.31. The minimum Gasteiger partial charge on any atom is -0.350 e. The molecule has 158 valence electrons. The van der Waals surface area contributed by atoms with Crippen LogP contribution in [0.5, 0.6) is 0 Å². The van der Waals surface area contributed by atoms with Crippen LogP contribution in [0.3, 0.4) is 0 Å². The summed E-state index contributed by atoms with van der Waals surface area (Å²) in [5.74, 6) is 1.82. The van der Waals surface area contributed by atoms with Crippen molar-refractivity contribution in [2.75, 3.05) is 34.0 Å². The molecule has 0 radical (unpaired) electrons. The highest BCUT2D eigenvalue weighted by Crippen LogP contribution is 2.37. The molecule has 1 saturated heterocycles. The second-order valence-electron chi connectivity index (χ2n) is 7.69. The fourth-order valence-electron chi connectivity index (χ4n) is 3.98. The van der Waals surface area contributed by atoms with Gasteiger partial charge in [-0.25, -0.2) is 14.4 Å². The Morgan fingerprint density at radius 1 is 1.13 bits per heavy atom. The number of anilines is 5. The Labute approximate surface area is 179 Å². The average Bonchev–Trinajstić information content (AvgIpc) is 3.29. The van der Waals surface area contributed by atoms with E-state index in [4.69, 9.17) is 0 Å².